The third-order valence-corrected chi connectivity index (χ3v) is 3.36. The second kappa shape index (κ2) is 4.52. The number of ether oxygens (including phenoxy) is 1. The van der Waals surface area contributed by atoms with Gasteiger partial charge in [0, 0.05) is 18.3 Å². The topological polar surface area (TPSA) is 53.1 Å². The summed E-state index contributed by atoms with van der Waals surface area (Å²) in [5, 5.41) is 0. The molecule has 0 unspecified atom stereocenters. The van der Waals surface area contributed by atoms with E-state index in [0.29, 0.717) is 11.3 Å². The fourth-order valence-electron chi connectivity index (χ4n) is 2.27. The summed E-state index contributed by atoms with van der Waals surface area (Å²) < 4.78 is 20.6. The van der Waals surface area contributed by atoms with Crippen LogP contribution >= 0.6 is 0 Å². The molecule has 2 aromatic carbocycles. The van der Waals surface area contributed by atoms with Crippen LogP contribution in [0.1, 0.15) is 0 Å². The summed E-state index contributed by atoms with van der Waals surface area (Å²) in [6, 6.07) is 8.50. The van der Waals surface area contributed by atoms with Gasteiger partial charge in [0.05, 0.1) is 24.5 Å². The minimum Gasteiger partial charge on any atom is -0.494 e. The molecule has 0 amide bonds. The van der Waals surface area contributed by atoms with E-state index in [0.717, 1.165) is 16.6 Å². The quantitative estimate of drug-likeness (QED) is 0.729. The van der Waals surface area contributed by atoms with Crippen LogP contribution in [0.5, 0.6) is 5.75 Å². The number of methoxy groups -OCH3 is 1. The summed E-state index contributed by atoms with van der Waals surface area (Å²) in [4.78, 5) is 4.29. The highest BCUT2D eigenvalue weighted by molar-refractivity contribution is 5.90. The molecule has 0 aliphatic heterocycles. The summed E-state index contributed by atoms with van der Waals surface area (Å²) in [5.74, 6) is -0.197. The number of aromatic nitrogens is 2. The number of halogens is 1. The zero-order chi connectivity index (χ0) is 14.3. The molecule has 5 heteroatoms. The minimum absolute atomic E-state index is 0.214. The Labute approximate surface area is 115 Å². The van der Waals surface area contributed by atoms with Crippen LogP contribution in [0.2, 0.25) is 0 Å². The van der Waals surface area contributed by atoms with E-state index in [9.17, 15) is 4.39 Å². The first-order valence-electron chi connectivity index (χ1n) is 6.14. The first-order valence-corrected chi connectivity index (χ1v) is 6.14. The summed E-state index contributed by atoms with van der Waals surface area (Å²) in [7, 11) is 3.34. The molecule has 0 bridgehead atoms. The molecule has 0 fully saturated rings. The van der Waals surface area contributed by atoms with Gasteiger partial charge in [-0.3, -0.25) is 0 Å². The lowest BCUT2D eigenvalue weighted by Gasteiger charge is -2.09. The van der Waals surface area contributed by atoms with E-state index in [-0.39, 0.29) is 5.75 Å². The minimum atomic E-state index is -0.412. The van der Waals surface area contributed by atoms with E-state index < -0.39 is 5.82 Å². The second-order valence-corrected chi connectivity index (χ2v) is 4.63. The Hall–Kier alpha value is -2.56. The van der Waals surface area contributed by atoms with E-state index in [1.807, 2.05) is 23.7 Å². The third-order valence-electron chi connectivity index (χ3n) is 3.36. The van der Waals surface area contributed by atoms with Gasteiger partial charge in [-0.15, -0.1) is 0 Å². The van der Waals surface area contributed by atoms with Gasteiger partial charge in [-0.05, 0) is 29.8 Å². The Morgan fingerprint density at radius 3 is 2.75 bits per heavy atom. The number of hydrogen-bond donors (Lipinski definition) is 1. The number of benzene rings is 2. The van der Waals surface area contributed by atoms with Crippen LogP contribution < -0.4 is 10.5 Å². The molecule has 0 spiro atoms. The maximum Gasteiger partial charge on any atom is 0.165 e. The lowest BCUT2D eigenvalue weighted by Crippen LogP contribution is -1.94. The number of nitrogens with zero attached hydrogens (tertiary/aromatic N) is 2. The van der Waals surface area contributed by atoms with Gasteiger partial charge in [0.2, 0.25) is 0 Å². The van der Waals surface area contributed by atoms with Crippen LogP contribution in [0.25, 0.3) is 22.2 Å². The molecule has 102 valence electrons. The highest BCUT2D eigenvalue weighted by atomic mass is 19.1. The van der Waals surface area contributed by atoms with Gasteiger partial charge < -0.3 is 15.0 Å². The molecule has 1 heterocycles. The number of aryl methyl sites for hydroxylation is 1. The van der Waals surface area contributed by atoms with Gasteiger partial charge in [-0.2, -0.15) is 0 Å². The van der Waals surface area contributed by atoms with Crippen LogP contribution in [0.15, 0.2) is 36.7 Å². The molecule has 1 aromatic heterocycles. The zero-order valence-electron chi connectivity index (χ0n) is 11.2. The lowest BCUT2D eigenvalue weighted by atomic mass is 10.0. The van der Waals surface area contributed by atoms with Gasteiger partial charge in [0.25, 0.3) is 0 Å². The van der Waals surface area contributed by atoms with Gasteiger partial charge in [-0.25, -0.2) is 9.37 Å². The fraction of sp³-hybridized carbons (Fsp3) is 0.133. The van der Waals surface area contributed by atoms with E-state index in [1.54, 1.807) is 18.5 Å². The Morgan fingerprint density at radius 1 is 1.25 bits per heavy atom. The number of fused-ring (bicyclic) bond motifs is 1. The molecule has 0 atom stereocenters. The summed E-state index contributed by atoms with van der Waals surface area (Å²) in [6.07, 6.45) is 1.72. The van der Waals surface area contributed by atoms with E-state index in [2.05, 4.69) is 4.98 Å². The molecule has 0 aliphatic carbocycles. The lowest BCUT2D eigenvalue weighted by molar-refractivity contribution is 0.386. The molecular weight excluding hydrogens is 257 g/mol. The predicted octanol–water partition coefficient (Wildman–Crippen LogP) is 2.97. The van der Waals surface area contributed by atoms with Gasteiger partial charge in [0.15, 0.2) is 11.6 Å². The van der Waals surface area contributed by atoms with Crippen molar-refractivity contribution in [1.29, 1.82) is 0 Å². The van der Waals surface area contributed by atoms with E-state index in [1.165, 1.54) is 13.2 Å². The summed E-state index contributed by atoms with van der Waals surface area (Å²) >= 11 is 0. The van der Waals surface area contributed by atoms with Crippen molar-refractivity contribution in [1.82, 2.24) is 9.55 Å². The van der Waals surface area contributed by atoms with Gasteiger partial charge in [-0.1, -0.05) is 6.07 Å². The number of imidazole rings is 1. The zero-order valence-corrected chi connectivity index (χ0v) is 11.2. The van der Waals surface area contributed by atoms with E-state index in [4.69, 9.17) is 10.5 Å². The third kappa shape index (κ3) is 1.87. The standard InChI is InChI=1S/C15H14FN3O/c1-19-8-18-13-6-10(12(17)7-14(13)19)9-3-4-15(20-2)11(16)5-9/h3-8H,17H2,1-2H3. The average Bonchev–Trinajstić information content (AvgIpc) is 2.79. The summed E-state index contributed by atoms with van der Waals surface area (Å²) in [6.45, 7) is 0. The Kier molecular flexibility index (Phi) is 2.82. The predicted molar refractivity (Wildman–Crippen MR) is 77.1 cm³/mol. The van der Waals surface area contributed by atoms with Crippen molar-refractivity contribution in [3.63, 3.8) is 0 Å². The SMILES string of the molecule is COc1ccc(-c2cc3ncn(C)c3cc2N)cc1F. The largest absolute Gasteiger partial charge is 0.494 e. The van der Waals surface area contributed by atoms with Crippen molar-refractivity contribution in [2.75, 3.05) is 12.8 Å². The second-order valence-electron chi connectivity index (χ2n) is 4.63. The molecule has 0 saturated carbocycles. The van der Waals surface area contributed by atoms with Gasteiger partial charge in [0.1, 0.15) is 0 Å². The van der Waals surface area contributed by atoms with E-state index >= 15 is 0 Å². The van der Waals surface area contributed by atoms with Gasteiger partial charge >= 0.3 is 0 Å². The Bertz CT molecular complexity index is 795. The van der Waals surface area contributed by atoms with Crippen molar-refractivity contribution >= 4 is 16.7 Å². The number of anilines is 1. The number of rotatable bonds is 2. The average molecular weight is 271 g/mol. The smallest absolute Gasteiger partial charge is 0.165 e. The first kappa shape index (κ1) is 12.5. The molecule has 20 heavy (non-hydrogen) atoms. The van der Waals surface area contributed by atoms with Crippen LogP contribution in [-0.4, -0.2) is 16.7 Å². The molecule has 0 aliphatic rings. The number of hydrogen-bond acceptors (Lipinski definition) is 3. The Morgan fingerprint density at radius 2 is 2.05 bits per heavy atom. The molecule has 3 aromatic rings. The van der Waals surface area contributed by atoms with Crippen molar-refractivity contribution in [2.45, 2.75) is 0 Å². The molecule has 0 radical (unpaired) electrons. The van der Waals surface area contributed by atoms with Crippen LogP contribution in [0, 0.1) is 5.82 Å². The molecular formula is C15H14FN3O. The summed E-state index contributed by atoms with van der Waals surface area (Å²) in [5.41, 5.74) is 9.90. The van der Waals surface area contributed by atoms with Crippen LogP contribution in [0.4, 0.5) is 10.1 Å². The number of nitrogen functional groups attached to an aromatic ring is 1. The normalized spacial score (nSPS) is 10.9. The number of nitrogens with two attached hydrogens (primary N) is 1. The Balaban J connectivity index is 2.18. The monoisotopic (exact) mass is 271 g/mol. The molecule has 2 N–H and O–H groups in total. The highest BCUT2D eigenvalue weighted by Crippen LogP contribution is 2.32. The molecule has 0 saturated heterocycles. The highest BCUT2D eigenvalue weighted by Gasteiger charge is 2.10. The maximum absolute atomic E-state index is 13.8. The maximum atomic E-state index is 13.8. The first-order chi connectivity index (χ1) is 9.60. The van der Waals surface area contributed by atoms with Crippen molar-refractivity contribution in [3.05, 3.63) is 42.5 Å². The molecule has 4 nitrogen and oxygen atoms in total. The van der Waals surface area contributed by atoms with Crippen LogP contribution in [0.3, 0.4) is 0 Å². The van der Waals surface area contributed by atoms with Crippen molar-refractivity contribution < 1.29 is 9.13 Å². The van der Waals surface area contributed by atoms with Crippen LogP contribution in [-0.2, 0) is 7.05 Å². The van der Waals surface area contributed by atoms with Crippen molar-refractivity contribution in [2.24, 2.45) is 7.05 Å². The molecule has 3 rings (SSSR count). The van der Waals surface area contributed by atoms with Crippen molar-refractivity contribution in [3.8, 4) is 16.9 Å². The fourth-order valence-corrected chi connectivity index (χ4v) is 2.27.